The highest BCUT2D eigenvalue weighted by Crippen LogP contribution is 2.33. The normalized spacial score (nSPS) is 12.4. The maximum atomic E-state index is 12.7. The number of halogens is 1. The molecule has 1 aromatic heterocycles. The number of carbonyl (C=O) groups is 1. The number of aromatic nitrogens is 1. The number of para-hydroxylation sites is 2. The number of hydrogen-bond acceptors (Lipinski definition) is 2. The number of fused-ring (bicyclic) bond motifs is 3. The fourth-order valence-corrected chi connectivity index (χ4v) is 3.68. The summed E-state index contributed by atoms with van der Waals surface area (Å²) in [5, 5.41) is 2.30. The number of ether oxygens (including phenoxy) is 1. The molecule has 0 saturated carbocycles. The summed E-state index contributed by atoms with van der Waals surface area (Å²) in [4.78, 5) is 12.7. The average molecular weight is 441 g/mol. The van der Waals surface area contributed by atoms with E-state index < -0.39 is 6.04 Å². The quantitative estimate of drug-likeness (QED) is 0.237. The zero-order chi connectivity index (χ0) is 17.4. The Morgan fingerprint density at radius 1 is 0.920 bits per heavy atom. The van der Waals surface area contributed by atoms with Gasteiger partial charge in [-0.1, -0.05) is 36.4 Å². The lowest BCUT2D eigenvalue weighted by Crippen LogP contribution is -2.21. The number of benzene rings is 3. The van der Waals surface area contributed by atoms with Gasteiger partial charge < -0.3 is 9.30 Å². The molecule has 0 aliphatic rings. The third-order valence-corrected chi connectivity index (χ3v) is 5.03. The zero-order valence-corrected chi connectivity index (χ0v) is 15.8. The minimum Gasteiger partial charge on any atom is -0.425 e. The van der Waals surface area contributed by atoms with Crippen molar-refractivity contribution >= 4 is 50.4 Å². The van der Waals surface area contributed by atoms with Gasteiger partial charge in [-0.05, 0) is 65.9 Å². The van der Waals surface area contributed by atoms with E-state index in [1.54, 1.807) is 12.1 Å². The van der Waals surface area contributed by atoms with Crippen molar-refractivity contribution < 1.29 is 9.53 Å². The van der Waals surface area contributed by atoms with Crippen molar-refractivity contribution in [1.29, 1.82) is 0 Å². The van der Waals surface area contributed by atoms with Crippen LogP contribution >= 0.6 is 22.6 Å². The van der Waals surface area contributed by atoms with E-state index in [1.807, 2.05) is 37.3 Å². The monoisotopic (exact) mass is 441 g/mol. The Hall–Kier alpha value is -2.34. The number of hydrogen-bond donors (Lipinski definition) is 0. The number of rotatable bonds is 3. The third-order valence-electron chi connectivity index (χ3n) is 4.36. The van der Waals surface area contributed by atoms with Gasteiger partial charge in [-0.25, -0.2) is 4.79 Å². The van der Waals surface area contributed by atoms with Crippen LogP contribution in [0.25, 0.3) is 21.8 Å². The second kappa shape index (κ2) is 6.52. The molecule has 0 aliphatic carbocycles. The summed E-state index contributed by atoms with van der Waals surface area (Å²) in [6.45, 7) is 1.88. The van der Waals surface area contributed by atoms with E-state index in [9.17, 15) is 4.79 Å². The van der Waals surface area contributed by atoms with E-state index in [0.717, 1.165) is 21.8 Å². The molecule has 1 unspecified atom stereocenters. The molecule has 3 nitrogen and oxygen atoms in total. The third kappa shape index (κ3) is 2.91. The number of esters is 1. The van der Waals surface area contributed by atoms with Crippen LogP contribution in [0.4, 0.5) is 0 Å². The van der Waals surface area contributed by atoms with E-state index in [-0.39, 0.29) is 5.97 Å². The largest absolute Gasteiger partial charge is 0.425 e. The van der Waals surface area contributed by atoms with Crippen molar-refractivity contribution in [3.05, 3.63) is 76.4 Å². The van der Waals surface area contributed by atoms with Crippen LogP contribution in [-0.2, 0) is 4.79 Å². The minimum absolute atomic E-state index is 0.271. The maximum absolute atomic E-state index is 12.7. The first-order valence-electron chi connectivity index (χ1n) is 8.10. The molecule has 124 valence electrons. The molecule has 0 amide bonds. The maximum Gasteiger partial charge on any atom is 0.334 e. The Bertz CT molecular complexity index is 1070. The van der Waals surface area contributed by atoms with Crippen LogP contribution in [0.5, 0.6) is 5.75 Å². The van der Waals surface area contributed by atoms with Crippen LogP contribution in [0.2, 0.25) is 0 Å². The second-order valence-electron chi connectivity index (χ2n) is 5.96. The highest BCUT2D eigenvalue weighted by atomic mass is 127. The van der Waals surface area contributed by atoms with E-state index in [4.69, 9.17) is 4.74 Å². The fraction of sp³-hybridized carbons (Fsp3) is 0.0952. The molecule has 0 radical (unpaired) electrons. The lowest BCUT2D eigenvalue weighted by molar-refractivity contribution is -0.137. The lowest BCUT2D eigenvalue weighted by Gasteiger charge is -2.16. The van der Waals surface area contributed by atoms with E-state index >= 15 is 0 Å². The highest BCUT2D eigenvalue weighted by Gasteiger charge is 2.22. The molecule has 25 heavy (non-hydrogen) atoms. The SMILES string of the molecule is CC(C(=O)Oc1ccccc1)n1c2ccccc2c2cc(I)ccc21. The first-order valence-corrected chi connectivity index (χ1v) is 9.18. The Morgan fingerprint density at radius 3 is 2.40 bits per heavy atom. The summed E-state index contributed by atoms with van der Waals surface area (Å²) in [5.41, 5.74) is 2.08. The molecule has 1 atom stereocenters. The molecule has 0 fully saturated rings. The van der Waals surface area contributed by atoms with Crippen LogP contribution < -0.4 is 4.74 Å². The smallest absolute Gasteiger partial charge is 0.334 e. The minimum atomic E-state index is -0.428. The molecule has 0 bridgehead atoms. The van der Waals surface area contributed by atoms with Crippen LogP contribution in [-0.4, -0.2) is 10.5 Å². The fourth-order valence-electron chi connectivity index (χ4n) is 3.19. The molecule has 0 saturated heterocycles. The Labute approximate surface area is 159 Å². The molecule has 4 aromatic rings. The van der Waals surface area contributed by atoms with Crippen LogP contribution in [0, 0.1) is 3.57 Å². The van der Waals surface area contributed by atoms with Crippen molar-refractivity contribution in [2.45, 2.75) is 13.0 Å². The van der Waals surface area contributed by atoms with Crippen LogP contribution in [0.3, 0.4) is 0 Å². The van der Waals surface area contributed by atoms with Crippen molar-refractivity contribution in [2.24, 2.45) is 0 Å². The Balaban J connectivity index is 1.83. The number of nitrogens with zero attached hydrogens (tertiary/aromatic N) is 1. The molecular weight excluding hydrogens is 425 g/mol. The van der Waals surface area contributed by atoms with Crippen molar-refractivity contribution in [2.75, 3.05) is 0 Å². The summed E-state index contributed by atoms with van der Waals surface area (Å²) >= 11 is 2.31. The zero-order valence-electron chi connectivity index (χ0n) is 13.6. The van der Waals surface area contributed by atoms with Crippen LogP contribution in [0.15, 0.2) is 72.8 Å². The van der Waals surface area contributed by atoms with Gasteiger partial charge in [-0.2, -0.15) is 0 Å². The van der Waals surface area contributed by atoms with Gasteiger partial charge in [0.2, 0.25) is 0 Å². The van der Waals surface area contributed by atoms with Gasteiger partial charge in [-0.3, -0.25) is 0 Å². The first-order chi connectivity index (χ1) is 12.1. The van der Waals surface area contributed by atoms with E-state index in [2.05, 4.69) is 57.5 Å². The highest BCUT2D eigenvalue weighted by molar-refractivity contribution is 14.1. The van der Waals surface area contributed by atoms with Gasteiger partial charge in [0.05, 0.1) is 0 Å². The second-order valence-corrected chi connectivity index (χ2v) is 7.20. The topological polar surface area (TPSA) is 31.2 Å². The van der Waals surface area contributed by atoms with Gasteiger partial charge in [0, 0.05) is 25.4 Å². The molecule has 4 heteroatoms. The van der Waals surface area contributed by atoms with Gasteiger partial charge in [0.1, 0.15) is 11.8 Å². The molecule has 1 heterocycles. The van der Waals surface area contributed by atoms with Gasteiger partial charge >= 0.3 is 5.97 Å². The van der Waals surface area contributed by atoms with Crippen molar-refractivity contribution in [3.8, 4) is 5.75 Å². The molecule has 0 aliphatic heterocycles. The summed E-state index contributed by atoms with van der Waals surface area (Å²) in [6.07, 6.45) is 0. The van der Waals surface area contributed by atoms with Crippen LogP contribution in [0.1, 0.15) is 13.0 Å². The average Bonchev–Trinajstić information content (AvgIpc) is 2.95. The molecule has 4 rings (SSSR count). The van der Waals surface area contributed by atoms with Gasteiger partial charge in [0.15, 0.2) is 0 Å². The Morgan fingerprint density at radius 2 is 1.60 bits per heavy atom. The lowest BCUT2D eigenvalue weighted by atomic mass is 10.2. The van der Waals surface area contributed by atoms with Crippen molar-refractivity contribution in [1.82, 2.24) is 4.57 Å². The summed E-state index contributed by atoms with van der Waals surface area (Å²) in [5.74, 6) is 0.294. The van der Waals surface area contributed by atoms with Gasteiger partial charge in [0.25, 0.3) is 0 Å². The molecule has 0 N–H and O–H groups in total. The predicted octanol–water partition coefficient (Wildman–Crippen LogP) is 5.57. The summed E-state index contributed by atoms with van der Waals surface area (Å²) in [6, 6.07) is 23.2. The standard InChI is InChI=1S/C21H16INO2/c1-14(21(24)25-16-7-3-2-4-8-16)23-19-10-6-5-9-17(19)18-13-15(22)11-12-20(18)23/h2-14H,1H3. The number of carbonyl (C=O) groups excluding carboxylic acids is 1. The first kappa shape index (κ1) is 16.1. The molecule has 0 spiro atoms. The summed E-state index contributed by atoms with van der Waals surface area (Å²) in [7, 11) is 0. The Kier molecular flexibility index (Phi) is 4.21. The van der Waals surface area contributed by atoms with E-state index in [1.165, 1.54) is 3.57 Å². The van der Waals surface area contributed by atoms with E-state index in [0.29, 0.717) is 5.75 Å². The molecule has 3 aromatic carbocycles. The predicted molar refractivity (Wildman–Crippen MR) is 109 cm³/mol. The summed E-state index contributed by atoms with van der Waals surface area (Å²) < 4.78 is 8.80. The molecular formula is C21H16INO2. The van der Waals surface area contributed by atoms with Crippen molar-refractivity contribution in [3.63, 3.8) is 0 Å². The van der Waals surface area contributed by atoms with Gasteiger partial charge in [-0.15, -0.1) is 0 Å².